The van der Waals surface area contributed by atoms with Gasteiger partial charge in [-0.1, -0.05) is 33.1 Å². The van der Waals surface area contributed by atoms with Gasteiger partial charge in [0.2, 0.25) is 0 Å². The highest BCUT2D eigenvalue weighted by Gasteiger charge is 2.23. The van der Waals surface area contributed by atoms with Crippen molar-refractivity contribution in [1.82, 2.24) is 15.1 Å². The van der Waals surface area contributed by atoms with Crippen LogP contribution in [0.3, 0.4) is 0 Å². The van der Waals surface area contributed by atoms with Crippen molar-refractivity contribution in [2.45, 2.75) is 65.0 Å². The number of aliphatic hydroxyl groups excluding tert-OH is 1. The van der Waals surface area contributed by atoms with Crippen LogP contribution in [0.25, 0.3) is 0 Å². The van der Waals surface area contributed by atoms with E-state index in [0.29, 0.717) is 18.2 Å². The summed E-state index contributed by atoms with van der Waals surface area (Å²) in [6, 6.07) is 0.442. The molecule has 0 radical (unpaired) electrons. The molecule has 1 saturated carbocycles. The molecule has 1 aromatic rings. The number of nitrogens with one attached hydrogen (secondary N) is 1. The zero-order valence-electron chi connectivity index (χ0n) is 13.3. The van der Waals surface area contributed by atoms with Crippen LogP contribution in [-0.2, 0) is 0 Å². The lowest BCUT2D eigenvalue weighted by Gasteiger charge is -2.17. The van der Waals surface area contributed by atoms with Gasteiger partial charge in [-0.2, -0.15) is 5.10 Å². The van der Waals surface area contributed by atoms with Crippen molar-refractivity contribution in [3.8, 4) is 0 Å². The highest BCUT2D eigenvalue weighted by atomic mass is 16.3. The Morgan fingerprint density at radius 2 is 2.19 bits per heavy atom. The predicted molar refractivity (Wildman–Crippen MR) is 82.3 cm³/mol. The molecule has 2 atom stereocenters. The van der Waals surface area contributed by atoms with E-state index in [1.807, 2.05) is 25.5 Å². The molecule has 0 aromatic carbocycles. The average Bonchev–Trinajstić information content (AvgIpc) is 3.12. The average molecular weight is 293 g/mol. The van der Waals surface area contributed by atoms with Gasteiger partial charge < -0.3 is 10.4 Å². The van der Waals surface area contributed by atoms with Gasteiger partial charge in [-0.05, 0) is 25.7 Å². The van der Waals surface area contributed by atoms with Gasteiger partial charge in [-0.25, -0.2) is 0 Å². The van der Waals surface area contributed by atoms with Gasteiger partial charge in [0.25, 0.3) is 5.91 Å². The first kappa shape index (κ1) is 16.0. The van der Waals surface area contributed by atoms with E-state index < -0.39 is 6.10 Å². The highest BCUT2D eigenvalue weighted by molar-refractivity contribution is 5.95. The fourth-order valence-electron chi connectivity index (χ4n) is 2.93. The summed E-state index contributed by atoms with van der Waals surface area (Å²) in [6.45, 7) is 6.26. The Morgan fingerprint density at radius 3 is 2.81 bits per heavy atom. The van der Waals surface area contributed by atoms with E-state index in [9.17, 15) is 9.90 Å². The lowest BCUT2D eigenvalue weighted by atomic mass is 10.0. The van der Waals surface area contributed by atoms with Crippen LogP contribution in [0.1, 0.15) is 68.0 Å². The van der Waals surface area contributed by atoms with Crippen LogP contribution >= 0.6 is 0 Å². The Kier molecular flexibility index (Phi) is 5.39. The second-order valence-electron chi connectivity index (χ2n) is 6.19. The van der Waals surface area contributed by atoms with Crippen LogP contribution in [0.5, 0.6) is 0 Å². The molecular weight excluding hydrogens is 266 g/mol. The molecule has 1 aliphatic carbocycles. The van der Waals surface area contributed by atoms with Gasteiger partial charge in [0.1, 0.15) is 0 Å². The fraction of sp³-hybridized carbons (Fsp3) is 0.750. The summed E-state index contributed by atoms with van der Waals surface area (Å²) in [7, 11) is 0. The molecule has 5 nitrogen and oxygen atoms in total. The first-order valence-corrected chi connectivity index (χ1v) is 8.05. The van der Waals surface area contributed by atoms with E-state index in [1.54, 1.807) is 6.20 Å². The fourth-order valence-corrected chi connectivity index (χ4v) is 2.93. The lowest BCUT2D eigenvalue weighted by Crippen LogP contribution is -2.35. The normalized spacial score (nSPS) is 18.7. The minimum absolute atomic E-state index is 0.140. The SMILES string of the molecule is CCC(C)C(O)CNC(=O)c1cnn(C2CCCC2)c1C. The summed E-state index contributed by atoms with van der Waals surface area (Å²) in [5.74, 6) is 0.0479. The van der Waals surface area contributed by atoms with Crippen molar-refractivity contribution in [3.05, 3.63) is 17.5 Å². The van der Waals surface area contributed by atoms with E-state index in [0.717, 1.165) is 25.0 Å². The number of hydrogen-bond donors (Lipinski definition) is 2. The molecule has 2 N–H and O–H groups in total. The number of nitrogens with zero attached hydrogens (tertiary/aromatic N) is 2. The first-order valence-electron chi connectivity index (χ1n) is 8.05. The topological polar surface area (TPSA) is 67.2 Å². The third kappa shape index (κ3) is 3.64. The molecule has 21 heavy (non-hydrogen) atoms. The molecule has 1 heterocycles. The Balaban J connectivity index is 1.96. The highest BCUT2D eigenvalue weighted by Crippen LogP contribution is 2.30. The van der Waals surface area contributed by atoms with Gasteiger partial charge in [0.15, 0.2) is 0 Å². The summed E-state index contributed by atoms with van der Waals surface area (Å²) < 4.78 is 1.99. The van der Waals surface area contributed by atoms with Crippen molar-refractivity contribution in [2.75, 3.05) is 6.54 Å². The van der Waals surface area contributed by atoms with Gasteiger partial charge >= 0.3 is 0 Å². The van der Waals surface area contributed by atoms with Crippen molar-refractivity contribution in [1.29, 1.82) is 0 Å². The van der Waals surface area contributed by atoms with E-state index in [2.05, 4.69) is 10.4 Å². The summed E-state index contributed by atoms with van der Waals surface area (Å²) in [5.41, 5.74) is 1.55. The predicted octanol–water partition coefficient (Wildman–Crippen LogP) is 2.44. The molecule has 0 spiro atoms. The number of carbonyl (C=O) groups excluding carboxylic acids is 1. The molecule has 0 saturated heterocycles. The molecule has 0 bridgehead atoms. The number of carbonyl (C=O) groups is 1. The maximum Gasteiger partial charge on any atom is 0.254 e. The van der Waals surface area contributed by atoms with Crippen molar-refractivity contribution < 1.29 is 9.90 Å². The smallest absolute Gasteiger partial charge is 0.254 e. The van der Waals surface area contributed by atoms with E-state index in [-0.39, 0.29) is 11.8 Å². The minimum atomic E-state index is -0.496. The monoisotopic (exact) mass is 293 g/mol. The van der Waals surface area contributed by atoms with Gasteiger partial charge in [-0.3, -0.25) is 9.48 Å². The summed E-state index contributed by atoms with van der Waals surface area (Å²) in [4.78, 5) is 12.2. The quantitative estimate of drug-likeness (QED) is 0.846. The van der Waals surface area contributed by atoms with E-state index in [1.165, 1.54) is 12.8 Å². The van der Waals surface area contributed by atoms with Crippen LogP contribution in [0.15, 0.2) is 6.20 Å². The maximum absolute atomic E-state index is 12.2. The van der Waals surface area contributed by atoms with E-state index >= 15 is 0 Å². The molecule has 1 amide bonds. The van der Waals surface area contributed by atoms with Gasteiger partial charge in [-0.15, -0.1) is 0 Å². The second-order valence-corrected chi connectivity index (χ2v) is 6.19. The maximum atomic E-state index is 12.2. The van der Waals surface area contributed by atoms with Crippen molar-refractivity contribution >= 4 is 5.91 Å². The molecule has 118 valence electrons. The summed E-state index contributed by atoms with van der Waals surface area (Å²) >= 11 is 0. The molecule has 2 unspecified atom stereocenters. The second kappa shape index (κ2) is 7.07. The number of amides is 1. The van der Waals surface area contributed by atoms with Gasteiger partial charge in [0, 0.05) is 12.2 Å². The largest absolute Gasteiger partial charge is 0.391 e. The molecule has 5 heteroatoms. The summed E-state index contributed by atoms with van der Waals surface area (Å²) in [5, 5.41) is 17.1. The molecule has 0 aliphatic heterocycles. The van der Waals surface area contributed by atoms with Crippen LogP contribution in [0.2, 0.25) is 0 Å². The van der Waals surface area contributed by atoms with Crippen LogP contribution < -0.4 is 5.32 Å². The van der Waals surface area contributed by atoms with Crippen LogP contribution in [-0.4, -0.2) is 33.4 Å². The zero-order valence-corrected chi connectivity index (χ0v) is 13.3. The Labute approximate surface area is 126 Å². The number of aromatic nitrogens is 2. The molecule has 2 rings (SSSR count). The minimum Gasteiger partial charge on any atom is -0.391 e. The van der Waals surface area contributed by atoms with Crippen molar-refractivity contribution in [3.63, 3.8) is 0 Å². The molecular formula is C16H27N3O2. The Hall–Kier alpha value is -1.36. The van der Waals surface area contributed by atoms with Crippen LogP contribution in [0, 0.1) is 12.8 Å². The summed E-state index contributed by atoms with van der Waals surface area (Å²) in [6.07, 6.45) is 6.84. The third-order valence-corrected chi connectivity index (χ3v) is 4.73. The molecule has 1 aliphatic rings. The first-order chi connectivity index (χ1) is 10.0. The number of rotatable bonds is 6. The third-order valence-electron chi connectivity index (χ3n) is 4.73. The Bertz CT molecular complexity index is 478. The Morgan fingerprint density at radius 1 is 1.52 bits per heavy atom. The van der Waals surface area contributed by atoms with Crippen molar-refractivity contribution in [2.24, 2.45) is 5.92 Å². The lowest BCUT2D eigenvalue weighted by molar-refractivity contribution is 0.0849. The number of hydrogen-bond acceptors (Lipinski definition) is 3. The standard InChI is InChI=1S/C16H27N3O2/c1-4-11(2)15(20)10-17-16(21)14-9-18-19(12(14)3)13-7-5-6-8-13/h9,11,13,15,20H,4-8,10H2,1-3H3,(H,17,21). The van der Waals surface area contributed by atoms with Gasteiger partial charge in [0.05, 0.1) is 23.9 Å². The number of aliphatic hydroxyl groups is 1. The van der Waals surface area contributed by atoms with E-state index in [4.69, 9.17) is 0 Å². The molecule has 1 fully saturated rings. The van der Waals surface area contributed by atoms with Crippen LogP contribution in [0.4, 0.5) is 0 Å². The molecule has 1 aromatic heterocycles. The zero-order chi connectivity index (χ0) is 15.4.